The molecule has 3 atom stereocenters. The van der Waals surface area contributed by atoms with Crippen molar-refractivity contribution in [3.63, 3.8) is 0 Å². The summed E-state index contributed by atoms with van der Waals surface area (Å²) >= 11 is 6.27. The van der Waals surface area contributed by atoms with Crippen molar-refractivity contribution in [2.75, 3.05) is 12.4 Å². The number of aliphatic carboxylic acids is 1. The quantitative estimate of drug-likeness (QED) is 0.834. The molecule has 1 aliphatic carbocycles. The molecular weight excluding hydrogens is 266 g/mol. The largest absolute Gasteiger partial charge is 0.548 e. The predicted molar refractivity (Wildman–Crippen MR) is 70.4 cm³/mol. The third-order valence-corrected chi connectivity index (χ3v) is 4.23. The Labute approximate surface area is 116 Å². The topological polar surface area (TPSA) is 61.4 Å². The van der Waals surface area contributed by atoms with Crippen LogP contribution < -0.4 is 15.2 Å². The molecule has 100 valence electrons. The highest BCUT2D eigenvalue weighted by Gasteiger charge is 2.40. The summed E-state index contributed by atoms with van der Waals surface area (Å²) in [5.74, 6) is -0.542. The monoisotopic (exact) mass is 278 g/mol. The Bertz CT molecular complexity index is 570. The van der Waals surface area contributed by atoms with Crippen molar-refractivity contribution in [1.82, 2.24) is 0 Å². The van der Waals surface area contributed by atoms with E-state index in [1.165, 1.54) is 0 Å². The summed E-state index contributed by atoms with van der Waals surface area (Å²) in [5.41, 5.74) is 1.58. The van der Waals surface area contributed by atoms with Crippen molar-refractivity contribution in [3.05, 3.63) is 34.9 Å². The standard InChI is InChI=1S/C14H14ClNO3/c1-19-10-6-5-9(15)11-7-3-2-4-8(7)12(14(17)18)16-13(10)11/h2-3,5-8,12,16H,4H2,1H3,(H,17,18)/p-1/t7-,8+,12-/m0/s1. The first-order valence-corrected chi connectivity index (χ1v) is 6.51. The van der Waals surface area contributed by atoms with Gasteiger partial charge >= 0.3 is 0 Å². The Hall–Kier alpha value is -1.68. The summed E-state index contributed by atoms with van der Waals surface area (Å²) < 4.78 is 5.29. The van der Waals surface area contributed by atoms with Crippen LogP contribution in [-0.4, -0.2) is 19.1 Å². The van der Waals surface area contributed by atoms with Crippen molar-refractivity contribution in [2.24, 2.45) is 5.92 Å². The molecule has 1 aromatic rings. The highest BCUT2D eigenvalue weighted by Crippen LogP contribution is 2.50. The SMILES string of the molecule is COc1ccc(Cl)c2c1N[C@H](C(=O)[O-])[C@@H]1CC=C[C@H]21. The van der Waals surface area contributed by atoms with Crippen LogP contribution in [0.5, 0.6) is 5.75 Å². The van der Waals surface area contributed by atoms with Gasteiger partial charge in [-0.1, -0.05) is 23.8 Å². The second-order valence-corrected chi connectivity index (χ2v) is 5.24. The highest BCUT2D eigenvalue weighted by atomic mass is 35.5. The Balaban J connectivity index is 2.17. The molecule has 0 saturated heterocycles. The summed E-state index contributed by atoms with van der Waals surface area (Å²) in [6, 6.07) is 2.79. The van der Waals surface area contributed by atoms with Crippen LogP contribution in [0.2, 0.25) is 5.02 Å². The Morgan fingerprint density at radius 2 is 2.32 bits per heavy atom. The lowest BCUT2D eigenvalue weighted by Gasteiger charge is -2.38. The number of carbonyl (C=O) groups excluding carboxylic acids is 1. The van der Waals surface area contributed by atoms with E-state index < -0.39 is 12.0 Å². The number of ether oxygens (including phenoxy) is 1. The minimum absolute atomic E-state index is 0.00162. The lowest BCUT2D eigenvalue weighted by atomic mass is 9.79. The zero-order valence-electron chi connectivity index (χ0n) is 10.4. The number of fused-ring (bicyclic) bond motifs is 3. The number of nitrogens with one attached hydrogen (secondary N) is 1. The number of methoxy groups -OCH3 is 1. The highest BCUT2D eigenvalue weighted by molar-refractivity contribution is 6.32. The molecule has 0 radical (unpaired) electrons. The number of rotatable bonds is 2. The average Bonchev–Trinajstić information content (AvgIpc) is 2.86. The number of anilines is 1. The maximum atomic E-state index is 11.3. The van der Waals surface area contributed by atoms with Crippen molar-refractivity contribution in [1.29, 1.82) is 0 Å². The second kappa shape index (κ2) is 4.46. The second-order valence-electron chi connectivity index (χ2n) is 4.83. The minimum Gasteiger partial charge on any atom is -0.548 e. The van der Waals surface area contributed by atoms with Crippen LogP contribution in [-0.2, 0) is 4.79 Å². The molecule has 5 heteroatoms. The molecule has 0 saturated carbocycles. The molecule has 0 fully saturated rings. The maximum absolute atomic E-state index is 11.3. The van der Waals surface area contributed by atoms with E-state index in [0.717, 1.165) is 5.56 Å². The Morgan fingerprint density at radius 1 is 1.53 bits per heavy atom. The fourth-order valence-corrected chi connectivity index (χ4v) is 3.32. The van der Waals surface area contributed by atoms with Gasteiger partial charge in [-0.05, 0) is 24.5 Å². The first-order chi connectivity index (χ1) is 9.13. The molecular formula is C14H13ClNO3-. The number of halogens is 1. The van der Waals surface area contributed by atoms with Gasteiger partial charge < -0.3 is 20.0 Å². The molecule has 0 spiro atoms. The summed E-state index contributed by atoms with van der Waals surface area (Å²) in [4.78, 5) is 11.3. The molecule has 0 amide bonds. The molecule has 1 heterocycles. The summed E-state index contributed by atoms with van der Waals surface area (Å²) in [6.45, 7) is 0. The molecule has 3 rings (SSSR count). The van der Waals surface area contributed by atoms with Gasteiger partial charge in [-0.15, -0.1) is 0 Å². The molecule has 1 N–H and O–H groups in total. The average molecular weight is 279 g/mol. The third kappa shape index (κ3) is 1.78. The first kappa shape index (κ1) is 12.4. The molecule has 19 heavy (non-hydrogen) atoms. The number of carbonyl (C=O) groups is 1. The van der Waals surface area contributed by atoms with Gasteiger partial charge in [0.2, 0.25) is 0 Å². The van der Waals surface area contributed by atoms with Gasteiger partial charge in [0.15, 0.2) is 0 Å². The van der Waals surface area contributed by atoms with E-state index in [4.69, 9.17) is 16.3 Å². The van der Waals surface area contributed by atoms with Crippen LogP contribution >= 0.6 is 11.6 Å². The van der Waals surface area contributed by atoms with Crippen molar-refractivity contribution >= 4 is 23.3 Å². The number of allylic oxidation sites excluding steroid dienone is 2. The summed E-state index contributed by atoms with van der Waals surface area (Å²) in [5, 5.41) is 15.0. The van der Waals surface area contributed by atoms with Gasteiger partial charge in [0.1, 0.15) is 5.75 Å². The van der Waals surface area contributed by atoms with Gasteiger partial charge in [-0.2, -0.15) is 0 Å². The summed E-state index contributed by atoms with van der Waals surface area (Å²) in [7, 11) is 1.55. The van der Waals surface area contributed by atoms with Gasteiger partial charge in [-0.25, -0.2) is 0 Å². The van der Waals surface area contributed by atoms with Crippen LogP contribution in [0.15, 0.2) is 24.3 Å². The molecule has 0 bridgehead atoms. The zero-order valence-corrected chi connectivity index (χ0v) is 11.1. The van der Waals surface area contributed by atoms with E-state index in [9.17, 15) is 9.90 Å². The van der Waals surface area contributed by atoms with Crippen LogP contribution in [0, 0.1) is 5.92 Å². The van der Waals surface area contributed by atoms with Crippen LogP contribution in [0.3, 0.4) is 0 Å². The number of carboxylic acids is 1. The van der Waals surface area contributed by atoms with Crippen LogP contribution in [0.1, 0.15) is 17.9 Å². The first-order valence-electron chi connectivity index (χ1n) is 6.14. The fraction of sp³-hybridized carbons (Fsp3) is 0.357. The van der Waals surface area contributed by atoms with E-state index in [-0.39, 0.29) is 11.8 Å². The molecule has 0 unspecified atom stereocenters. The third-order valence-electron chi connectivity index (χ3n) is 3.90. The lowest BCUT2D eigenvalue weighted by Crippen LogP contribution is -2.49. The number of hydrogen-bond donors (Lipinski definition) is 1. The van der Waals surface area contributed by atoms with E-state index in [2.05, 4.69) is 5.32 Å². The van der Waals surface area contributed by atoms with E-state index in [1.54, 1.807) is 19.2 Å². The van der Waals surface area contributed by atoms with Crippen molar-refractivity contribution in [3.8, 4) is 5.75 Å². The van der Waals surface area contributed by atoms with Crippen LogP contribution in [0.4, 0.5) is 5.69 Å². The number of carboxylic acid groups (broad SMARTS) is 1. The molecule has 0 aromatic heterocycles. The Morgan fingerprint density at radius 3 is 3.00 bits per heavy atom. The van der Waals surface area contributed by atoms with Gasteiger partial charge in [0.25, 0.3) is 0 Å². The zero-order chi connectivity index (χ0) is 13.6. The lowest BCUT2D eigenvalue weighted by molar-refractivity contribution is -0.308. The normalized spacial score (nSPS) is 27.4. The van der Waals surface area contributed by atoms with Gasteiger partial charge in [-0.3, -0.25) is 0 Å². The van der Waals surface area contributed by atoms with Crippen LogP contribution in [0.25, 0.3) is 0 Å². The molecule has 1 aliphatic heterocycles. The van der Waals surface area contributed by atoms with Gasteiger partial charge in [0, 0.05) is 16.5 Å². The Kier molecular flexibility index (Phi) is 2.90. The van der Waals surface area contributed by atoms with E-state index in [1.807, 2.05) is 12.2 Å². The maximum Gasteiger partial charge on any atom is 0.142 e. The van der Waals surface area contributed by atoms with E-state index >= 15 is 0 Å². The van der Waals surface area contributed by atoms with Gasteiger partial charge in [0.05, 0.1) is 24.8 Å². The minimum atomic E-state index is -1.09. The van der Waals surface area contributed by atoms with E-state index in [0.29, 0.717) is 22.9 Å². The molecule has 4 nitrogen and oxygen atoms in total. The number of benzene rings is 1. The smallest absolute Gasteiger partial charge is 0.142 e. The predicted octanol–water partition coefficient (Wildman–Crippen LogP) is 1.55. The fourth-order valence-electron chi connectivity index (χ4n) is 3.04. The number of hydrogen-bond acceptors (Lipinski definition) is 4. The van der Waals surface area contributed by atoms with Crippen molar-refractivity contribution in [2.45, 2.75) is 18.4 Å². The molecule has 2 aliphatic rings. The molecule has 1 aromatic carbocycles. The van der Waals surface area contributed by atoms with Crippen molar-refractivity contribution < 1.29 is 14.6 Å². The summed E-state index contributed by atoms with van der Waals surface area (Å²) in [6.07, 6.45) is 4.73.